The van der Waals surface area contributed by atoms with E-state index >= 15 is 0 Å². The first kappa shape index (κ1) is 15.5. The molecule has 3 nitrogen and oxygen atoms in total. The molecule has 0 aromatic heterocycles. The Balaban J connectivity index is 2.25. The van der Waals surface area contributed by atoms with Crippen molar-refractivity contribution >= 4 is 17.7 Å². The van der Waals surface area contributed by atoms with E-state index < -0.39 is 5.91 Å². The molecule has 22 heavy (non-hydrogen) atoms. The van der Waals surface area contributed by atoms with Crippen molar-refractivity contribution in [2.75, 3.05) is 5.32 Å². The third-order valence-corrected chi connectivity index (χ3v) is 3.41. The normalized spacial score (nSPS) is 10.9. The Morgan fingerprint density at radius 3 is 2.32 bits per heavy atom. The maximum Gasteiger partial charge on any atom is 0.266 e. The summed E-state index contributed by atoms with van der Waals surface area (Å²) in [7, 11) is 0. The maximum absolute atomic E-state index is 12.2. The number of aryl methyl sites for hydroxylation is 3. The Hall–Kier alpha value is -2.86. The number of amides is 1. The van der Waals surface area contributed by atoms with Crippen LogP contribution in [0, 0.1) is 32.1 Å². The highest BCUT2D eigenvalue weighted by Crippen LogP contribution is 2.16. The molecule has 2 aromatic carbocycles. The van der Waals surface area contributed by atoms with Gasteiger partial charge in [0.25, 0.3) is 5.91 Å². The molecule has 1 amide bonds. The minimum Gasteiger partial charge on any atom is -0.321 e. The number of hydrogen-bond donors (Lipinski definition) is 1. The van der Waals surface area contributed by atoms with Crippen molar-refractivity contribution in [2.45, 2.75) is 20.8 Å². The third-order valence-electron chi connectivity index (χ3n) is 3.41. The molecule has 0 radical (unpaired) electrons. The Morgan fingerprint density at radius 2 is 1.68 bits per heavy atom. The molecule has 3 heteroatoms. The summed E-state index contributed by atoms with van der Waals surface area (Å²) in [5.74, 6) is -0.396. The van der Waals surface area contributed by atoms with E-state index in [1.54, 1.807) is 6.08 Å². The number of carbonyl (C=O) groups is 1. The highest BCUT2D eigenvalue weighted by Gasteiger charge is 2.10. The lowest BCUT2D eigenvalue weighted by Crippen LogP contribution is -2.13. The van der Waals surface area contributed by atoms with E-state index in [1.165, 1.54) is 0 Å². The van der Waals surface area contributed by atoms with Gasteiger partial charge in [-0.1, -0.05) is 41.5 Å². The van der Waals surface area contributed by atoms with Crippen LogP contribution in [0.4, 0.5) is 5.69 Å². The number of rotatable bonds is 3. The summed E-state index contributed by atoms with van der Waals surface area (Å²) >= 11 is 0. The zero-order valence-corrected chi connectivity index (χ0v) is 13.0. The zero-order chi connectivity index (χ0) is 16.1. The fourth-order valence-corrected chi connectivity index (χ4v) is 2.05. The molecule has 110 valence electrons. The molecule has 0 aliphatic rings. The number of carbonyl (C=O) groups excluding carboxylic acids is 1. The smallest absolute Gasteiger partial charge is 0.266 e. The molecule has 0 unspecified atom stereocenters. The molecule has 0 heterocycles. The lowest BCUT2D eigenvalue weighted by molar-refractivity contribution is -0.112. The minimum absolute atomic E-state index is 0.0919. The Labute approximate surface area is 130 Å². The lowest BCUT2D eigenvalue weighted by atomic mass is 10.0. The van der Waals surface area contributed by atoms with Crippen molar-refractivity contribution in [1.82, 2.24) is 0 Å². The van der Waals surface area contributed by atoms with Crippen LogP contribution in [0.5, 0.6) is 0 Å². The number of nitrogens with one attached hydrogen (secondary N) is 1. The molecule has 2 aromatic rings. The van der Waals surface area contributed by atoms with Crippen molar-refractivity contribution in [3.05, 3.63) is 70.3 Å². The Morgan fingerprint density at radius 1 is 1.05 bits per heavy atom. The van der Waals surface area contributed by atoms with E-state index in [9.17, 15) is 10.1 Å². The van der Waals surface area contributed by atoms with Gasteiger partial charge in [0, 0.05) is 5.69 Å². The molecule has 0 spiro atoms. The van der Waals surface area contributed by atoms with Gasteiger partial charge in [0.1, 0.15) is 11.6 Å². The van der Waals surface area contributed by atoms with Crippen LogP contribution in [0.2, 0.25) is 0 Å². The fourth-order valence-electron chi connectivity index (χ4n) is 2.05. The quantitative estimate of drug-likeness (QED) is 0.681. The summed E-state index contributed by atoms with van der Waals surface area (Å²) < 4.78 is 0. The van der Waals surface area contributed by atoms with E-state index in [4.69, 9.17) is 0 Å². The number of benzene rings is 2. The van der Waals surface area contributed by atoms with Crippen LogP contribution in [0.15, 0.2) is 48.0 Å². The number of hydrogen-bond acceptors (Lipinski definition) is 2. The lowest BCUT2D eigenvalue weighted by Gasteiger charge is -2.06. The van der Waals surface area contributed by atoms with Crippen LogP contribution in [0.1, 0.15) is 22.3 Å². The standard InChI is InChI=1S/C19H18N2O/c1-13-5-8-18(9-6-13)21-19(22)17(12-20)11-16-10-14(2)4-7-15(16)3/h4-11H,1-3H3,(H,21,22)/b17-11+. The van der Waals surface area contributed by atoms with Crippen molar-refractivity contribution in [1.29, 1.82) is 5.26 Å². The van der Waals surface area contributed by atoms with Crippen LogP contribution < -0.4 is 5.32 Å². The van der Waals surface area contributed by atoms with E-state index in [1.807, 2.05) is 69.3 Å². The summed E-state index contributed by atoms with van der Waals surface area (Å²) in [5.41, 5.74) is 4.89. The Bertz CT molecular complexity index is 765. The van der Waals surface area contributed by atoms with Crippen molar-refractivity contribution in [3.63, 3.8) is 0 Å². The van der Waals surface area contributed by atoms with Gasteiger partial charge in [-0.15, -0.1) is 0 Å². The Kier molecular flexibility index (Phi) is 4.75. The largest absolute Gasteiger partial charge is 0.321 e. The predicted octanol–water partition coefficient (Wildman–Crippen LogP) is 4.16. The number of anilines is 1. The first-order valence-corrected chi connectivity index (χ1v) is 7.06. The highest BCUT2D eigenvalue weighted by atomic mass is 16.1. The van der Waals surface area contributed by atoms with Crippen molar-refractivity contribution < 1.29 is 4.79 Å². The monoisotopic (exact) mass is 290 g/mol. The second-order valence-electron chi connectivity index (χ2n) is 5.35. The van der Waals surface area contributed by atoms with Gasteiger partial charge in [-0.2, -0.15) is 5.26 Å². The molecule has 1 N–H and O–H groups in total. The van der Waals surface area contributed by atoms with Gasteiger partial charge in [0.2, 0.25) is 0 Å². The average molecular weight is 290 g/mol. The first-order chi connectivity index (χ1) is 10.5. The zero-order valence-electron chi connectivity index (χ0n) is 13.0. The van der Waals surface area contributed by atoms with E-state index in [-0.39, 0.29) is 5.57 Å². The molecule has 0 aliphatic heterocycles. The van der Waals surface area contributed by atoms with Gasteiger partial charge < -0.3 is 5.32 Å². The molecule has 0 saturated heterocycles. The van der Waals surface area contributed by atoms with Crippen LogP contribution in [-0.2, 0) is 4.79 Å². The molecule has 0 aliphatic carbocycles. The van der Waals surface area contributed by atoms with Crippen LogP contribution >= 0.6 is 0 Å². The summed E-state index contributed by atoms with van der Waals surface area (Å²) in [5, 5.41) is 12.0. The van der Waals surface area contributed by atoms with E-state index in [0.717, 1.165) is 22.3 Å². The summed E-state index contributed by atoms with van der Waals surface area (Å²) in [6.07, 6.45) is 1.63. The topological polar surface area (TPSA) is 52.9 Å². The molecular formula is C19H18N2O. The third kappa shape index (κ3) is 3.83. The van der Waals surface area contributed by atoms with Gasteiger partial charge in [-0.25, -0.2) is 0 Å². The highest BCUT2D eigenvalue weighted by molar-refractivity contribution is 6.09. The van der Waals surface area contributed by atoms with Gasteiger partial charge in [-0.3, -0.25) is 4.79 Å². The second kappa shape index (κ2) is 6.73. The van der Waals surface area contributed by atoms with Crippen molar-refractivity contribution in [3.8, 4) is 6.07 Å². The molecule has 0 saturated carbocycles. The van der Waals surface area contributed by atoms with E-state index in [2.05, 4.69) is 5.32 Å². The molecule has 0 atom stereocenters. The minimum atomic E-state index is -0.396. The van der Waals surface area contributed by atoms with Gasteiger partial charge in [-0.05, 0) is 50.1 Å². The SMILES string of the molecule is Cc1ccc(NC(=O)/C(C#N)=C/c2cc(C)ccc2C)cc1. The predicted molar refractivity (Wildman–Crippen MR) is 89.3 cm³/mol. The molecule has 2 rings (SSSR count). The molecule has 0 fully saturated rings. The van der Waals surface area contributed by atoms with Gasteiger partial charge in [0.05, 0.1) is 0 Å². The average Bonchev–Trinajstić information content (AvgIpc) is 2.50. The van der Waals surface area contributed by atoms with Crippen molar-refractivity contribution in [2.24, 2.45) is 0 Å². The summed E-state index contributed by atoms with van der Waals surface area (Å²) in [6.45, 7) is 5.92. The number of nitrogens with zero attached hydrogens (tertiary/aromatic N) is 1. The van der Waals surface area contributed by atoms with E-state index in [0.29, 0.717) is 5.69 Å². The summed E-state index contributed by atoms with van der Waals surface area (Å²) in [6, 6.07) is 15.4. The number of nitriles is 1. The van der Waals surface area contributed by atoms with Crippen LogP contribution in [0.25, 0.3) is 6.08 Å². The second-order valence-corrected chi connectivity index (χ2v) is 5.35. The summed E-state index contributed by atoms with van der Waals surface area (Å²) in [4.78, 5) is 12.2. The first-order valence-electron chi connectivity index (χ1n) is 7.06. The molecule has 0 bridgehead atoms. The van der Waals surface area contributed by atoms with Crippen LogP contribution in [0.3, 0.4) is 0 Å². The van der Waals surface area contributed by atoms with Gasteiger partial charge in [0.15, 0.2) is 0 Å². The fraction of sp³-hybridized carbons (Fsp3) is 0.158. The molecular weight excluding hydrogens is 272 g/mol. The maximum atomic E-state index is 12.2. The van der Waals surface area contributed by atoms with Gasteiger partial charge >= 0.3 is 0 Å². The van der Waals surface area contributed by atoms with Crippen LogP contribution in [-0.4, -0.2) is 5.91 Å².